The van der Waals surface area contributed by atoms with Crippen LogP contribution in [0.4, 0.5) is 5.69 Å². The van der Waals surface area contributed by atoms with Gasteiger partial charge in [-0.1, -0.05) is 12.1 Å². The maximum absolute atomic E-state index is 11.5. The van der Waals surface area contributed by atoms with Crippen LogP contribution >= 0.6 is 0 Å². The summed E-state index contributed by atoms with van der Waals surface area (Å²) in [4.78, 5) is 22.5. The molecule has 5 heteroatoms. The molecule has 1 atom stereocenters. The van der Waals surface area contributed by atoms with Crippen molar-refractivity contribution in [2.24, 2.45) is 0 Å². The van der Waals surface area contributed by atoms with Gasteiger partial charge in [-0.25, -0.2) is 0 Å². The van der Waals surface area contributed by atoms with Crippen molar-refractivity contribution >= 4 is 17.5 Å². The fourth-order valence-corrected chi connectivity index (χ4v) is 1.74. The molecule has 0 saturated carbocycles. The molecule has 18 heavy (non-hydrogen) atoms. The van der Waals surface area contributed by atoms with Crippen molar-refractivity contribution in [2.75, 3.05) is 12.3 Å². The van der Waals surface area contributed by atoms with Crippen LogP contribution in [0.15, 0.2) is 24.3 Å². The number of rotatable bonds is 1. The average molecular weight is 250 g/mol. The van der Waals surface area contributed by atoms with Crippen LogP contribution in [0.5, 0.6) is 0 Å². The van der Waals surface area contributed by atoms with Crippen molar-refractivity contribution in [2.45, 2.75) is 25.7 Å². The van der Waals surface area contributed by atoms with Crippen LogP contribution in [0.3, 0.4) is 0 Å². The molecule has 5 nitrogen and oxygen atoms in total. The summed E-state index contributed by atoms with van der Waals surface area (Å²) in [6.07, 6.45) is 0.982. The Morgan fingerprint density at radius 1 is 1.33 bits per heavy atom. The van der Waals surface area contributed by atoms with Crippen LogP contribution in [0.25, 0.3) is 0 Å². The van der Waals surface area contributed by atoms with E-state index in [9.17, 15) is 9.59 Å². The lowest BCUT2D eigenvalue weighted by Crippen LogP contribution is -2.39. The summed E-state index contributed by atoms with van der Waals surface area (Å²) in [7, 11) is 0. The van der Waals surface area contributed by atoms with Gasteiger partial charge in [-0.3, -0.25) is 14.9 Å². The van der Waals surface area contributed by atoms with Crippen molar-refractivity contribution in [3.63, 3.8) is 0 Å². The molecule has 0 radical (unpaired) electrons. The number of hydrogen-bond donors (Lipinski definition) is 3. The predicted octanol–water partition coefficient (Wildman–Crippen LogP) is 0.788. The number of aliphatic hydroxyl groups excluding tert-OH is 1. The highest BCUT2D eigenvalue weighted by Crippen LogP contribution is 2.25. The molecule has 1 saturated heterocycles. The second-order valence-corrected chi connectivity index (χ2v) is 3.99. The molecular weight excluding hydrogens is 232 g/mol. The van der Waals surface area contributed by atoms with Gasteiger partial charge in [0.1, 0.15) is 0 Å². The number of nitrogens with two attached hydrogens (primary N) is 1. The van der Waals surface area contributed by atoms with Crippen LogP contribution in [0.1, 0.15) is 31.2 Å². The number of anilines is 1. The summed E-state index contributed by atoms with van der Waals surface area (Å²) in [6.45, 7) is 1.93. The van der Waals surface area contributed by atoms with Crippen molar-refractivity contribution in [3.05, 3.63) is 29.8 Å². The largest absolute Gasteiger partial charge is 0.399 e. The van der Waals surface area contributed by atoms with E-state index in [-0.39, 0.29) is 24.3 Å². The van der Waals surface area contributed by atoms with Gasteiger partial charge in [0.05, 0.1) is 5.92 Å². The molecule has 0 aromatic heterocycles. The highest BCUT2D eigenvalue weighted by molar-refractivity contribution is 6.00. The highest BCUT2D eigenvalue weighted by Gasteiger charge is 2.27. The van der Waals surface area contributed by atoms with Crippen LogP contribution in [0, 0.1) is 0 Å². The number of nitrogen functional groups attached to an aromatic ring is 1. The van der Waals surface area contributed by atoms with Gasteiger partial charge in [0.2, 0.25) is 11.8 Å². The van der Waals surface area contributed by atoms with E-state index >= 15 is 0 Å². The van der Waals surface area contributed by atoms with E-state index in [1.54, 1.807) is 19.1 Å². The third kappa shape index (κ3) is 3.85. The lowest BCUT2D eigenvalue weighted by Gasteiger charge is -2.20. The van der Waals surface area contributed by atoms with Crippen molar-refractivity contribution in [1.82, 2.24) is 5.32 Å². The van der Waals surface area contributed by atoms with Gasteiger partial charge in [-0.05, 0) is 31.0 Å². The lowest BCUT2D eigenvalue weighted by atomic mass is 9.90. The molecule has 1 unspecified atom stereocenters. The number of carbonyl (C=O) groups excluding carboxylic acids is 2. The molecule has 1 aliphatic rings. The fraction of sp³-hybridized carbons (Fsp3) is 0.385. The Hall–Kier alpha value is -1.88. The van der Waals surface area contributed by atoms with Crippen LogP contribution in [-0.2, 0) is 9.59 Å². The Kier molecular flexibility index (Phi) is 5.32. The van der Waals surface area contributed by atoms with E-state index in [0.29, 0.717) is 18.5 Å². The number of nitrogens with one attached hydrogen (secondary N) is 1. The van der Waals surface area contributed by atoms with E-state index in [1.807, 2.05) is 12.1 Å². The van der Waals surface area contributed by atoms with Crippen molar-refractivity contribution in [3.8, 4) is 0 Å². The summed E-state index contributed by atoms with van der Waals surface area (Å²) < 4.78 is 0. The first-order chi connectivity index (χ1) is 8.58. The molecule has 1 aliphatic heterocycles. The molecular formula is C13H18N2O3. The van der Waals surface area contributed by atoms with Gasteiger partial charge in [0.15, 0.2) is 0 Å². The number of benzene rings is 1. The van der Waals surface area contributed by atoms with Gasteiger partial charge < -0.3 is 10.8 Å². The zero-order chi connectivity index (χ0) is 13.5. The van der Waals surface area contributed by atoms with Gasteiger partial charge >= 0.3 is 0 Å². The first kappa shape index (κ1) is 14.2. The standard InChI is InChI=1S/C11H12N2O2.C2H6O/c12-8-3-1-7(2-4-8)9-5-6-10(14)13-11(9)15;1-2-3/h1-4,9H,5-6,12H2,(H,13,14,15);3H,2H2,1H3. The monoisotopic (exact) mass is 250 g/mol. The van der Waals surface area contributed by atoms with E-state index in [2.05, 4.69) is 5.32 Å². The highest BCUT2D eigenvalue weighted by atomic mass is 16.2. The molecule has 1 heterocycles. The maximum atomic E-state index is 11.5. The minimum atomic E-state index is -0.219. The zero-order valence-electron chi connectivity index (χ0n) is 10.3. The van der Waals surface area contributed by atoms with E-state index in [1.165, 1.54) is 0 Å². The molecule has 98 valence electrons. The second kappa shape index (κ2) is 6.76. The number of hydrogen-bond acceptors (Lipinski definition) is 4. The molecule has 2 amide bonds. The predicted molar refractivity (Wildman–Crippen MR) is 68.7 cm³/mol. The van der Waals surface area contributed by atoms with Crippen LogP contribution < -0.4 is 11.1 Å². The third-order valence-corrected chi connectivity index (χ3v) is 2.58. The Bertz CT molecular complexity index is 415. The van der Waals surface area contributed by atoms with Gasteiger partial charge in [-0.2, -0.15) is 0 Å². The first-order valence-corrected chi connectivity index (χ1v) is 5.88. The Balaban J connectivity index is 0.000000492. The summed E-state index contributed by atoms with van der Waals surface area (Å²) in [5.74, 6) is -0.619. The molecule has 0 bridgehead atoms. The van der Waals surface area contributed by atoms with E-state index in [0.717, 1.165) is 5.56 Å². The van der Waals surface area contributed by atoms with Crippen LogP contribution in [0.2, 0.25) is 0 Å². The molecule has 2 rings (SSSR count). The minimum Gasteiger partial charge on any atom is -0.399 e. The fourth-order valence-electron chi connectivity index (χ4n) is 1.74. The number of carbonyl (C=O) groups is 2. The summed E-state index contributed by atoms with van der Waals surface area (Å²) >= 11 is 0. The number of imide groups is 1. The zero-order valence-corrected chi connectivity index (χ0v) is 10.3. The molecule has 4 N–H and O–H groups in total. The van der Waals surface area contributed by atoms with Crippen LogP contribution in [-0.4, -0.2) is 23.5 Å². The second-order valence-electron chi connectivity index (χ2n) is 3.99. The molecule has 1 fully saturated rings. The Morgan fingerprint density at radius 3 is 2.39 bits per heavy atom. The molecule has 0 aliphatic carbocycles. The van der Waals surface area contributed by atoms with Gasteiger partial charge in [0.25, 0.3) is 0 Å². The molecule has 1 aromatic rings. The normalized spacial score (nSPS) is 18.7. The van der Waals surface area contributed by atoms with Crippen molar-refractivity contribution in [1.29, 1.82) is 0 Å². The molecule has 1 aromatic carbocycles. The minimum absolute atomic E-state index is 0.188. The maximum Gasteiger partial charge on any atom is 0.234 e. The van der Waals surface area contributed by atoms with E-state index < -0.39 is 0 Å². The third-order valence-electron chi connectivity index (χ3n) is 2.58. The Labute approximate surface area is 106 Å². The summed E-state index contributed by atoms with van der Waals surface area (Å²) in [6, 6.07) is 7.18. The SMILES string of the molecule is CCO.Nc1ccc(C2CCC(=O)NC2=O)cc1. The first-order valence-electron chi connectivity index (χ1n) is 5.88. The quantitative estimate of drug-likeness (QED) is 0.507. The number of aliphatic hydroxyl groups is 1. The number of piperidine rings is 1. The smallest absolute Gasteiger partial charge is 0.234 e. The summed E-state index contributed by atoms with van der Waals surface area (Å²) in [5.41, 5.74) is 7.14. The Morgan fingerprint density at radius 2 is 1.89 bits per heavy atom. The number of amides is 2. The lowest BCUT2D eigenvalue weighted by molar-refractivity contribution is -0.134. The van der Waals surface area contributed by atoms with Gasteiger partial charge in [0, 0.05) is 18.7 Å². The van der Waals surface area contributed by atoms with Gasteiger partial charge in [-0.15, -0.1) is 0 Å². The van der Waals surface area contributed by atoms with Crippen molar-refractivity contribution < 1.29 is 14.7 Å². The average Bonchev–Trinajstić information content (AvgIpc) is 2.32. The summed E-state index contributed by atoms with van der Waals surface area (Å²) in [5, 5.41) is 9.90. The van der Waals surface area contributed by atoms with E-state index in [4.69, 9.17) is 10.8 Å². The molecule has 0 spiro atoms. The topological polar surface area (TPSA) is 92.4 Å².